The molecule has 0 radical (unpaired) electrons. The maximum atomic E-state index is 4.71. The van der Waals surface area contributed by atoms with Crippen LogP contribution in [-0.2, 0) is 0 Å². The zero-order valence-electron chi connectivity index (χ0n) is 15.2. The quantitative estimate of drug-likeness (QED) is 0.550. The first-order chi connectivity index (χ1) is 13.2. The van der Waals surface area contributed by atoms with Crippen molar-refractivity contribution in [2.75, 3.05) is 10.6 Å². The van der Waals surface area contributed by atoms with Crippen molar-refractivity contribution in [1.29, 1.82) is 0 Å². The van der Waals surface area contributed by atoms with Crippen LogP contribution in [0, 0.1) is 6.92 Å². The second-order valence-electron chi connectivity index (χ2n) is 6.89. The van der Waals surface area contributed by atoms with Crippen LogP contribution >= 0.6 is 15.9 Å². The first kappa shape index (κ1) is 17.9. The fourth-order valence-corrected chi connectivity index (χ4v) is 3.59. The van der Waals surface area contributed by atoms with Gasteiger partial charge in [0.25, 0.3) is 0 Å². The van der Waals surface area contributed by atoms with Crippen molar-refractivity contribution in [3.8, 4) is 11.4 Å². The highest BCUT2D eigenvalue weighted by atomic mass is 79.9. The van der Waals surface area contributed by atoms with Crippen LogP contribution in [-0.4, -0.2) is 21.0 Å². The van der Waals surface area contributed by atoms with E-state index >= 15 is 0 Å². The summed E-state index contributed by atoms with van der Waals surface area (Å²) in [7, 11) is 0. The minimum atomic E-state index is 0.451. The van der Waals surface area contributed by atoms with Gasteiger partial charge in [0.1, 0.15) is 5.82 Å². The molecule has 27 heavy (non-hydrogen) atoms. The fraction of sp³-hybridized carbons (Fsp3) is 0.286. The molecule has 0 spiro atoms. The van der Waals surface area contributed by atoms with E-state index in [0.29, 0.717) is 12.0 Å². The highest BCUT2D eigenvalue weighted by molar-refractivity contribution is 9.10. The first-order valence-electron chi connectivity index (χ1n) is 9.27. The smallest absolute Gasteiger partial charge is 0.225 e. The topological polar surface area (TPSA) is 62.7 Å². The third-order valence-electron chi connectivity index (χ3n) is 4.77. The molecule has 0 aliphatic heterocycles. The van der Waals surface area contributed by atoms with E-state index in [0.717, 1.165) is 27.4 Å². The summed E-state index contributed by atoms with van der Waals surface area (Å²) >= 11 is 3.55. The van der Waals surface area contributed by atoms with Crippen LogP contribution in [0.2, 0.25) is 0 Å². The summed E-state index contributed by atoms with van der Waals surface area (Å²) in [4.78, 5) is 13.8. The molecule has 0 bridgehead atoms. The third kappa shape index (κ3) is 4.45. The van der Waals surface area contributed by atoms with Crippen LogP contribution < -0.4 is 10.6 Å². The molecule has 1 aliphatic carbocycles. The Balaban J connectivity index is 1.67. The molecule has 2 N–H and O–H groups in total. The van der Waals surface area contributed by atoms with E-state index in [1.54, 1.807) is 6.20 Å². The van der Waals surface area contributed by atoms with Gasteiger partial charge in [-0.1, -0.05) is 34.8 Å². The standard InChI is InChI=1S/C21H22BrN5/c1-14-12-16(9-10-17(14)22)24-20-13-19(18-8-4-5-11-23-18)26-21(27-20)25-15-6-2-3-7-15/h4-5,8-13,15H,2-3,6-7H2,1H3,(H2,24,25,26,27). The van der Waals surface area contributed by atoms with Gasteiger partial charge in [0, 0.05) is 28.5 Å². The minimum Gasteiger partial charge on any atom is -0.351 e. The monoisotopic (exact) mass is 423 g/mol. The van der Waals surface area contributed by atoms with Gasteiger partial charge in [-0.3, -0.25) is 4.98 Å². The van der Waals surface area contributed by atoms with Crippen LogP contribution in [0.25, 0.3) is 11.4 Å². The molecule has 0 saturated heterocycles. The van der Waals surface area contributed by atoms with Crippen molar-refractivity contribution in [3.05, 3.63) is 58.7 Å². The Kier molecular flexibility index (Phi) is 5.34. The molecule has 6 heteroatoms. The lowest BCUT2D eigenvalue weighted by atomic mass is 10.2. The van der Waals surface area contributed by atoms with Crippen LogP contribution in [0.5, 0.6) is 0 Å². The number of benzene rings is 1. The highest BCUT2D eigenvalue weighted by Gasteiger charge is 2.17. The van der Waals surface area contributed by atoms with Crippen molar-refractivity contribution in [3.63, 3.8) is 0 Å². The highest BCUT2D eigenvalue weighted by Crippen LogP contribution is 2.27. The Morgan fingerprint density at radius 3 is 2.59 bits per heavy atom. The Morgan fingerprint density at radius 2 is 1.85 bits per heavy atom. The van der Waals surface area contributed by atoms with Crippen molar-refractivity contribution in [2.45, 2.75) is 38.6 Å². The Hall–Kier alpha value is -2.47. The third-order valence-corrected chi connectivity index (χ3v) is 5.66. The molecule has 0 amide bonds. The molecule has 3 aromatic rings. The molecule has 5 nitrogen and oxygen atoms in total. The van der Waals surface area contributed by atoms with E-state index in [1.807, 2.05) is 36.4 Å². The Morgan fingerprint density at radius 1 is 1.00 bits per heavy atom. The zero-order chi connectivity index (χ0) is 18.6. The number of pyridine rings is 1. The Bertz CT molecular complexity index is 923. The molecule has 0 atom stereocenters. The molecular weight excluding hydrogens is 402 g/mol. The molecular formula is C21H22BrN5. The fourth-order valence-electron chi connectivity index (χ4n) is 3.34. The van der Waals surface area contributed by atoms with Gasteiger partial charge in [-0.15, -0.1) is 0 Å². The number of hydrogen-bond donors (Lipinski definition) is 2. The normalized spacial score (nSPS) is 14.3. The number of halogens is 1. The average molecular weight is 424 g/mol. The number of aryl methyl sites for hydroxylation is 1. The molecule has 1 saturated carbocycles. The predicted molar refractivity (Wildman–Crippen MR) is 113 cm³/mol. The van der Waals surface area contributed by atoms with Gasteiger partial charge in [0.2, 0.25) is 5.95 Å². The van der Waals surface area contributed by atoms with Gasteiger partial charge < -0.3 is 10.6 Å². The SMILES string of the molecule is Cc1cc(Nc2cc(-c3ccccn3)nc(NC3CCCC3)n2)ccc1Br. The number of hydrogen-bond acceptors (Lipinski definition) is 5. The van der Waals surface area contributed by atoms with Crippen molar-refractivity contribution < 1.29 is 0 Å². The van der Waals surface area contributed by atoms with Crippen LogP contribution in [0.1, 0.15) is 31.2 Å². The maximum Gasteiger partial charge on any atom is 0.225 e. The number of nitrogens with zero attached hydrogens (tertiary/aromatic N) is 3. The van der Waals surface area contributed by atoms with Crippen LogP contribution in [0.3, 0.4) is 0 Å². The van der Waals surface area contributed by atoms with Crippen molar-refractivity contribution in [1.82, 2.24) is 15.0 Å². The van der Waals surface area contributed by atoms with Gasteiger partial charge in [0.15, 0.2) is 0 Å². The van der Waals surface area contributed by atoms with E-state index in [1.165, 1.54) is 31.2 Å². The summed E-state index contributed by atoms with van der Waals surface area (Å²) < 4.78 is 1.09. The maximum absolute atomic E-state index is 4.71. The molecule has 1 aliphatic rings. The van der Waals surface area contributed by atoms with E-state index in [4.69, 9.17) is 9.97 Å². The summed E-state index contributed by atoms with van der Waals surface area (Å²) in [6.07, 6.45) is 6.66. The molecule has 4 rings (SSSR count). The largest absolute Gasteiger partial charge is 0.351 e. The molecule has 2 heterocycles. The van der Waals surface area contributed by atoms with Gasteiger partial charge in [-0.05, 0) is 55.7 Å². The van der Waals surface area contributed by atoms with E-state index < -0.39 is 0 Å². The lowest BCUT2D eigenvalue weighted by molar-refractivity contribution is 0.744. The predicted octanol–water partition coefficient (Wildman–Crippen LogP) is 5.71. The number of rotatable bonds is 5. The van der Waals surface area contributed by atoms with Crippen LogP contribution in [0.15, 0.2) is 53.1 Å². The molecule has 1 fully saturated rings. The summed E-state index contributed by atoms with van der Waals surface area (Å²) in [6, 6.07) is 14.4. The summed E-state index contributed by atoms with van der Waals surface area (Å²) in [5, 5.41) is 6.91. The summed E-state index contributed by atoms with van der Waals surface area (Å²) in [5.41, 5.74) is 3.81. The molecule has 2 aromatic heterocycles. The summed E-state index contributed by atoms with van der Waals surface area (Å²) in [5.74, 6) is 1.41. The molecule has 1 aromatic carbocycles. The molecule has 138 valence electrons. The second kappa shape index (κ2) is 8.05. The number of nitrogens with one attached hydrogen (secondary N) is 2. The number of anilines is 3. The average Bonchev–Trinajstić information content (AvgIpc) is 3.18. The van der Waals surface area contributed by atoms with Gasteiger partial charge in [0.05, 0.1) is 11.4 Å². The van der Waals surface area contributed by atoms with E-state index in [-0.39, 0.29) is 0 Å². The minimum absolute atomic E-state index is 0.451. The first-order valence-corrected chi connectivity index (χ1v) is 10.1. The lowest BCUT2D eigenvalue weighted by Gasteiger charge is -2.15. The van der Waals surface area contributed by atoms with Gasteiger partial charge in [-0.2, -0.15) is 4.98 Å². The van der Waals surface area contributed by atoms with E-state index in [2.05, 4.69) is 44.5 Å². The lowest BCUT2D eigenvalue weighted by Crippen LogP contribution is -2.17. The van der Waals surface area contributed by atoms with Crippen LogP contribution in [0.4, 0.5) is 17.5 Å². The second-order valence-corrected chi connectivity index (χ2v) is 7.75. The van der Waals surface area contributed by atoms with Crippen molar-refractivity contribution >= 4 is 33.4 Å². The number of aromatic nitrogens is 3. The van der Waals surface area contributed by atoms with E-state index in [9.17, 15) is 0 Å². The van der Waals surface area contributed by atoms with Gasteiger partial charge in [-0.25, -0.2) is 4.98 Å². The zero-order valence-corrected chi connectivity index (χ0v) is 16.8. The summed E-state index contributed by atoms with van der Waals surface area (Å²) in [6.45, 7) is 2.07. The van der Waals surface area contributed by atoms with Gasteiger partial charge >= 0.3 is 0 Å². The van der Waals surface area contributed by atoms with Crippen molar-refractivity contribution in [2.24, 2.45) is 0 Å². The molecule has 0 unspecified atom stereocenters. The Labute approximate surface area is 167 Å².